The molecule has 3 heteroatoms. The SMILES string of the molecule is CCS/C(C#N)=C(\C)O. The Morgan fingerprint density at radius 2 is 2.33 bits per heavy atom. The lowest BCUT2D eigenvalue weighted by atomic mass is 10.5. The standard InChI is InChI=1S/C6H9NOS/c1-3-9-6(4-7)5(2)8/h8H,3H2,1-2H3/b6-5+. The van der Waals surface area contributed by atoms with Crippen molar-refractivity contribution in [2.45, 2.75) is 13.8 Å². The number of thioether (sulfide) groups is 1. The molecular weight excluding hydrogens is 134 g/mol. The Morgan fingerprint density at radius 1 is 1.78 bits per heavy atom. The maximum Gasteiger partial charge on any atom is 0.122 e. The monoisotopic (exact) mass is 143 g/mol. The van der Waals surface area contributed by atoms with Crippen molar-refractivity contribution in [2.24, 2.45) is 0 Å². The smallest absolute Gasteiger partial charge is 0.122 e. The van der Waals surface area contributed by atoms with Crippen LogP contribution in [0.15, 0.2) is 10.7 Å². The van der Waals surface area contributed by atoms with Crippen LogP contribution >= 0.6 is 11.8 Å². The summed E-state index contributed by atoms with van der Waals surface area (Å²) in [6, 6.07) is 1.90. The van der Waals surface area contributed by atoms with Gasteiger partial charge >= 0.3 is 0 Å². The van der Waals surface area contributed by atoms with Gasteiger partial charge in [-0.15, -0.1) is 11.8 Å². The summed E-state index contributed by atoms with van der Waals surface area (Å²) in [6.07, 6.45) is 0. The summed E-state index contributed by atoms with van der Waals surface area (Å²) in [7, 11) is 0. The van der Waals surface area contributed by atoms with E-state index in [1.165, 1.54) is 18.7 Å². The molecule has 0 aromatic heterocycles. The van der Waals surface area contributed by atoms with E-state index >= 15 is 0 Å². The molecule has 0 rings (SSSR count). The minimum atomic E-state index is 0.115. The predicted molar refractivity (Wildman–Crippen MR) is 39.1 cm³/mol. The molecule has 0 saturated heterocycles. The second kappa shape index (κ2) is 4.28. The van der Waals surface area contributed by atoms with E-state index in [2.05, 4.69) is 0 Å². The van der Waals surface area contributed by atoms with Crippen LogP contribution in [0.2, 0.25) is 0 Å². The molecule has 50 valence electrons. The van der Waals surface area contributed by atoms with Gasteiger partial charge in [0.1, 0.15) is 16.7 Å². The Hall–Kier alpha value is -0.620. The number of rotatable bonds is 2. The van der Waals surface area contributed by atoms with Gasteiger partial charge in [0, 0.05) is 0 Å². The van der Waals surface area contributed by atoms with E-state index in [4.69, 9.17) is 10.4 Å². The Balaban J connectivity index is 4.04. The first-order valence-corrected chi connectivity index (χ1v) is 3.63. The third-order valence-corrected chi connectivity index (χ3v) is 1.68. The molecule has 0 aliphatic carbocycles. The van der Waals surface area contributed by atoms with Crippen molar-refractivity contribution < 1.29 is 5.11 Å². The molecule has 0 unspecified atom stereocenters. The highest BCUT2D eigenvalue weighted by Crippen LogP contribution is 2.16. The molecule has 2 nitrogen and oxygen atoms in total. The Kier molecular flexibility index (Phi) is 3.98. The molecule has 1 N–H and O–H groups in total. The second-order valence-electron chi connectivity index (χ2n) is 1.46. The highest BCUT2D eigenvalue weighted by Gasteiger charge is 1.97. The number of nitrogens with zero attached hydrogens (tertiary/aromatic N) is 1. The fourth-order valence-electron chi connectivity index (χ4n) is 0.362. The molecule has 0 aromatic carbocycles. The first-order chi connectivity index (χ1) is 4.22. The van der Waals surface area contributed by atoms with Gasteiger partial charge in [0.2, 0.25) is 0 Å². The van der Waals surface area contributed by atoms with Crippen molar-refractivity contribution in [3.8, 4) is 6.07 Å². The lowest BCUT2D eigenvalue weighted by molar-refractivity contribution is 0.413. The Labute approximate surface area is 59.2 Å². The van der Waals surface area contributed by atoms with Crippen molar-refractivity contribution in [1.82, 2.24) is 0 Å². The number of nitriles is 1. The zero-order chi connectivity index (χ0) is 7.28. The van der Waals surface area contributed by atoms with Gasteiger partial charge in [0.25, 0.3) is 0 Å². The van der Waals surface area contributed by atoms with Crippen LogP contribution < -0.4 is 0 Å². The van der Waals surface area contributed by atoms with E-state index in [1.807, 2.05) is 13.0 Å². The van der Waals surface area contributed by atoms with Crippen molar-refractivity contribution in [3.05, 3.63) is 10.7 Å². The van der Waals surface area contributed by atoms with E-state index in [9.17, 15) is 0 Å². The molecule has 0 radical (unpaired) electrons. The Morgan fingerprint density at radius 3 is 2.44 bits per heavy atom. The van der Waals surface area contributed by atoms with Crippen LogP contribution in [0.25, 0.3) is 0 Å². The van der Waals surface area contributed by atoms with Gasteiger partial charge in [0.05, 0.1) is 0 Å². The largest absolute Gasteiger partial charge is 0.511 e. The lowest BCUT2D eigenvalue weighted by Crippen LogP contribution is -1.79. The maximum atomic E-state index is 8.78. The molecular formula is C6H9NOS. The highest BCUT2D eigenvalue weighted by atomic mass is 32.2. The van der Waals surface area contributed by atoms with E-state index < -0.39 is 0 Å². The molecule has 0 spiro atoms. The van der Waals surface area contributed by atoms with E-state index in [-0.39, 0.29) is 5.76 Å². The highest BCUT2D eigenvalue weighted by molar-refractivity contribution is 8.03. The van der Waals surface area contributed by atoms with Crippen LogP contribution in [-0.2, 0) is 0 Å². The average Bonchev–Trinajstić information content (AvgIpc) is 1.82. The quantitative estimate of drug-likeness (QED) is 0.475. The summed E-state index contributed by atoms with van der Waals surface area (Å²) in [5, 5.41) is 17.1. The third-order valence-electron chi connectivity index (χ3n) is 0.719. The Bertz CT molecular complexity index is 153. The maximum absolute atomic E-state index is 8.78. The van der Waals surface area contributed by atoms with Crippen LogP contribution in [0.4, 0.5) is 0 Å². The zero-order valence-corrected chi connectivity index (χ0v) is 6.33. The second-order valence-corrected chi connectivity index (χ2v) is 2.73. The molecule has 0 aliphatic heterocycles. The molecule has 0 heterocycles. The van der Waals surface area contributed by atoms with Gasteiger partial charge in [-0.1, -0.05) is 6.92 Å². The van der Waals surface area contributed by atoms with E-state index in [0.717, 1.165) is 5.75 Å². The van der Waals surface area contributed by atoms with E-state index in [1.54, 1.807) is 0 Å². The average molecular weight is 143 g/mol. The summed E-state index contributed by atoms with van der Waals surface area (Å²) < 4.78 is 0. The van der Waals surface area contributed by atoms with Crippen molar-refractivity contribution in [1.29, 1.82) is 5.26 Å². The van der Waals surface area contributed by atoms with Gasteiger partial charge in [-0.05, 0) is 12.7 Å². The molecule has 0 amide bonds. The summed E-state index contributed by atoms with van der Waals surface area (Å²) in [5.74, 6) is 0.935. The van der Waals surface area contributed by atoms with Gasteiger partial charge in [0.15, 0.2) is 0 Å². The van der Waals surface area contributed by atoms with Crippen molar-refractivity contribution in [3.63, 3.8) is 0 Å². The minimum absolute atomic E-state index is 0.115. The first-order valence-electron chi connectivity index (χ1n) is 2.65. The summed E-state index contributed by atoms with van der Waals surface area (Å²) >= 11 is 1.35. The van der Waals surface area contributed by atoms with Crippen molar-refractivity contribution in [2.75, 3.05) is 5.75 Å². The predicted octanol–water partition coefficient (Wildman–Crippen LogP) is 2.05. The number of hydrogen-bond acceptors (Lipinski definition) is 3. The summed E-state index contributed by atoms with van der Waals surface area (Å²) in [4.78, 5) is 0.414. The number of allylic oxidation sites excluding steroid dienone is 2. The summed E-state index contributed by atoms with van der Waals surface area (Å²) in [5.41, 5.74) is 0. The zero-order valence-electron chi connectivity index (χ0n) is 5.51. The molecule has 0 aromatic rings. The fourth-order valence-corrected chi connectivity index (χ4v) is 0.924. The number of hydrogen-bond donors (Lipinski definition) is 1. The normalized spacial score (nSPS) is 12.1. The van der Waals surface area contributed by atoms with Gasteiger partial charge in [-0.3, -0.25) is 0 Å². The fraction of sp³-hybridized carbons (Fsp3) is 0.500. The van der Waals surface area contributed by atoms with Crippen LogP contribution in [0.1, 0.15) is 13.8 Å². The molecule has 0 saturated carbocycles. The molecule has 9 heavy (non-hydrogen) atoms. The van der Waals surface area contributed by atoms with Crippen LogP contribution in [0, 0.1) is 11.3 Å². The van der Waals surface area contributed by atoms with Crippen LogP contribution in [-0.4, -0.2) is 10.9 Å². The summed E-state index contributed by atoms with van der Waals surface area (Å²) in [6.45, 7) is 3.45. The van der Waals surface area contributed by atoms with Gasteiger partial charge in [-0.25, -0.2) is 0 Å². The lowest BCUT2D eigenvalue weighted by Gasteiger charge is -1.93. The van der Waals surface area contributed by atoms with E-state index in [0.29, 0.717) is 4.91 Å². The molecule has 0 fully saturated rings. The van der Waals surface area contributed by atoms with Crippen LogP contribution in [0.3, 0.4) is 0 Å². The first kappa shape index (κ1) is 8.38. The molecule has 0 bridgehead atoms. The number of aliphatic hydroxyl groups excluding tert-OH is 1. The molecule has 0 aliphatic rings. The topological polar surface area (TPSA) is 44.0 Å². The number of aliphatic hydroxyl groups is 1. The van der Waals surface area contributed by atoms with Crippen LogP contribution in [0.5, 0.6) is 0 Å². The molecule has 0 atom stereocenters. The van der Waals surface area contributed by atoms with Gasteiger partial charge < -0.3 is 5.11 Å². The minimum Gasteiger partial charge on any atom is -0.511 e. The third kappa shape index (κ3) is 3.04. The van der Waals surface area contributed by atoms with Crippen molar-refractivity contribution >= 4 is 11.8 Å². The van der Waals surface area contributed by atoms with Gasteiger partial charge in [-0.2, -0.15) is 5.26 Å².